The summed E-state index contributed by atoms with van der Waals surface area (Å²) in [6.45, 7) is 4.64. The van der Waals surface area contributed by atoms with Gasteiger partial charge in [0.15, 0.2) is 0 Å². The molecular formula is C15H22FN. The van der Waals surface area contributed by atoms with E-state index in [1.54, 1.807) is 6.07 Å². The standard InChI is InChI=1S/C15H22FN/c1-11-6-7-13(16)14(12(11)2)15(10-17)8-4-3-5-9-15/h6-7H,3-5,8-10,17H2,1-2H3. The number of nitrogens with two attached hydrogens (primary N) is 1. The Morgan fingerprint density at radius 1 is 1.18 bits per heavy atom. The van der Waals surface area contributed by atoms with Crippen LogP contribution >= 0.6 is 0 Å². The number of aryl methyl sites for hydroxylation is 1. The zero-order chi connectivity index (χ0) is 12.5. The molecule has 2 rings (SSSR count). The lowest BCUT2D eigenvalue weighted by Crippen LogP contribution is -2.38. The molecule has 2 heteroatoms. The highest BCUT2D eigenvalue weighted by Crippen LogP contribution is 2.41. The summed E-state index contributed by atoms with van der Waals surface area (Å²) in [6, 6.07) is 3.46. The van der Waals surface area contributed by atoms with Crippen LogP contribution in [0.4, 0.5) is 4.39 Å². The molecular weight excluding hydrogens is 213 g/mol. The number of halogens is 1. The molecule has 0 spiro atoms. The highest BCUT2D eigenvalue weighted by Gasteiger charge is 2.36. The molecule has 94 valence electrons. The van der Waals surface area contributed by atoms with Crippen molar-refractivity contribution in [3.63, 3.8) is 0 Å². The Kier molecular flexibility index (Phi) is 3.53. The van der Waals surface area contributed by atoms with Gasteiger partial charge in [-0.2, -0.15) is 0 Å². The molecule has 0 amide bonds. The largest absolute Gasteiger partial charge is 0.330 e. The SMILES string of the molecule is Cc1ccc(F)c(C2(CN)CCCCC2)c1C. The van der Waals surface area contributed by atoms with Crippen LogP contribution in [0.25, 0.3) is 0 Å². The number of rotatable bonds is 2. The van der Waals surface area contributed by atoms with Crippen molar-refractivity contribution >= 4 is 0 Å². The molecule has 0 unspecified atom stereocenters. The first-order valence-corrected chi connectivity index (χ1v) is 6.57. The molecule has 2 N–H and O–H groups in total. The van der Waals surface area contributed by atoms with Crippen LogP contribution in [0.1, 0.15) is 48.8 Å². The predicted molar refractivity (Wildman–Crippen MR) is 69.7 cm³/mol. The van der Waals surface area contributed by atoms with E-state index in [0.717, 1.165) is 24.0 Å². The zero-order valence-electron chi connectivity index (χ0n) is 10.9. The summed E-state index contributed by atoms with van der Waals surface area (Å²) < 4.78 is 14.2. The van der Waals surface area contributed by atoms with Gasteiger partial charge in [-0.05, 0) is 49.4 Å². The maximum Gasteiger partial charge on any atom is 0.127 e. The van der Waals surface area contributed by atoms with E-state index in [9.17, 15) is 4.39 Å². The summed E-state index contributed by atoms with van der Waals surface area (Å²) in [7, 11) is 0. The third-order valence-corrected chi connectivity index (χ3v) is 4.42. The molecule has 0 radical (unpaired) electrons. The van der Waals surface area contributed by atoms with Gasteiger partial charge < -0.3 is 5.73 Å². The molecule has 1 fully saturated rings. The van der Waals surface area contributed by atoms with Crippen LogP contribution < -0.4 is 5.73 Å². The summed E-state index contributed by atoms with van der Waals surface area (Å²) in [5.74, 6) is -0.0690. The van der Waals surface area contributed by atoms with E-state index >= 15 is 0 Å². The third-order valence-electron chi connectivity index (χ3n) is 4.42. The second kappa shape index (κ2) is 4.77. The van der Waals surface area contributed by atoms with E-state index in [-0.39, 0.29) is 11.2 Å². The molecule has 1 nitrogen and oxygen atoms in total. The van der Waals surface area contributed by atoms with E-state index in [1.165, 1.54) is 24.8 Å². The minimum atomic E-state index is -0.113. The van der Waals surface area contributed by atoms with E-state index < -0.39 is 0 Å². The highest BCUT2D eigenvalue weighted by atomic mass is 19.1. The highest BCUT2D eigenvalue weighted by molar-refractivity contribution is 5.40. The van der Waals surface area contributed by atoms with Crippen molar-refractivity contribution in [2.45, 2.75) is 51.4 Å². The van der Waals surface area contributed by atoms with Gasteiger partial charge in [-0.1, -0.05) is 25.3 Å². The predicted octanol–water partition coefficient (Wildman–Crippen LogP) is 3.60. The van der Waals surface area contributed by atoms with E-state index in [4.69, 9.17) is 5.73 Å². The first-order valence-electron chi connectivity index (χ1n) is 6.57. The lowest BCUT2D eigenvalue weighted by molar-refractivity contribution is 0.290. The number of benzene rings is 1. The third kappa shape index (κ3) is 2.11. The molecule has 1 aliphatic rings. The average Bonchev–Trinajstić information content (AvgIpc) is 2.35. The van der Waals surface area contributed by atoms with Crippen molar-refractivity contribution in [3.05, 3.63) is 34.6 Å². The maximum absolute atomic E-state index is 14.2. The zero-order valence-corrected chi connectivity index (χ0v) is 10.9. The van der Waals surface area contributed by atoms with Gasteiger partial charge in [-0.25, -0.2) is 4.39 Å². The van der Waals surface area contributed by atoms with Crippen LogP contribution in [0.5, 0.6) is 0 Å². The second-order valence-electron chi connectivity index (χ2n) is 5.41. The summed E-state index contributed by atoms with van der Waals surface area (Å²) in [6.07, 6.45) is 5.66. The van der Waals surface area contributed by atoms with Crippen LogP contribution in [0.3, 0.4) is 0 Å². The Morgan fingerprint density at radius 3 is 2.41 bits per heavy atom. The second-order valence-corrected chi connectivity index (χ2v) is 5.41. The molecule has 0 bridgehead atoms. The average molecular weight is 235 g/mol. The van der Waals surface area contributed by atoms with E-state index in [1.807, 2.05) is 19.9 Å². The smallest absolute Gasteiger partial charge is 0.127 e. The van der Waals surface area contributed by atoms with Gasteiger partial charge in [0.1, 0.15) is 5.82 Å². The van der Waals surface area contributed by atoms with Crippen LogP contribution in [0.2, 0.25) is 0 Å². The molecule has 17 heavy (non-hydrogen) atoms. The Labute approximate surface area is 103 Å². The van der Waals surface area contributed by atoms with Crippen LogP contribution in [0.15, 0.2) is 12.1 Å². The Balaban J connectivity index is 2.53. The number of hydrogen-bond acceptors (Lipinski definition) is 1. The van der Waals surface area contributed by atoms with E-state index in [0.29, 0.717) is 6.54 Å². The van der Waals surface area contributed by atoms with Crippen LogP contribution in [-0.2, 0) is 5.41 Å². The van der Waals surface area contributed by atoms with Crippen molar-refractivity contribution in [3.8, 4) is 0 Å². The minimum absolute atomic E-state index is 0.0690. The molecule has 0 heterocycles. The molecule has 0 saturated heterocycles. The van der Waals surface area contributed by atoms with Crippen molar-refractivity contribution in [2.75, 3.05) is 6.54 Å². The van der Waals surface area contributed by atoms with Gasteiger partial charge >= 0.3 is 0 Å². The molecule has 1 aromatic rings. The van der Waals surface area contributed by atoms with Crippen molar-refractivity contribution in [1.29, 1.82) is 0 Å². The Bertz CT molecular complexity index is 406. The number of hydrogen-bond donors (Lipinski definition) is 1. The molecule has 1 aliphatic carbocycles. The molecule has 0 aliphatic heterocycles. The summed E-state index contributed by atoms with van der Waals surface area (Å²) >= 11 is 0. The molecule has 1 aromatic carbocycles. The van der Waals surface area contributed by atoms with Crippen molar-refractivity contribution in [2.24, 2.45) is 5.73 Å². The summed E-state index contributed by atoms with van der Waals surface area (Å²) in [5, 5.41) is 0. The molecule has 0 atom stereocenters. The fraction of sp³-hybridized carbons (Fsp3) is 0.600. The van der Waals surface area contributed by atoms with Gasteiger partial charge in [-0.3, -0.25) is 0 Å². The quantitative estimate of drug-likeness (QED) is 0.832. The van der Waals surface area contributed by atoms with Gasteiger partial charge in [-0.15, -0.1) is 0 Å². The molecule has 1 saturated carbocycles. The lowest BCUT2D eigenvalue weighted by Gasteiger charge is -2.38. The van der Waals surface area contributed by atoms with Gasteiger partial charge in [0.25, 0.3) is 0 Å². The van der Waals surface area contributed by atoms with E-state index in [2.05, 4.69) is 0 Å². The summed E-state index contributed by atoms with van der Waals surface area (Å²) in [4.78, 5) is 0. The lowest BCUT2D eigenvalue weighted by atomic mass is 9.67. The fourth-order valence-electron chi connectivity index (χ4n) is 3.22. The van der Waals surface area contributed by atoms with Gasteiger partial charge in [0.05, 0.1) is 0 Å². The first-order chi connectivity index (χ1) is 8.10. The minimum Gasteiger partial charge on any atom is -0.330 e. The summed E-state index contributed by atoms with van der Waals surface area (Å²) in [5.41, 5.74) is 9.03. The fourth-order valence-corrected chi connectivity index (χ4v) is 3.22. The maximum atomic E-state index is 14.2. The van der Waals surface area contributed by atoms with Gasteiger partial charge in [0, 0.05) is 12.0 Å². The van der Waals surface area contributed by atoms with Crippen molar-refractivity contribution < 1.29 is 4.39 Å². The van der Waals surface area contributed by atoms with Crippen LogP contribution in [-0.4, -0.2) is 6.54 Å². The topological polar surface area (TPSA) is 26.0 Å². The normalized spacial score (nSPS) is 19.3. The van der Waals surface area contributed by atoms with Gasteiger partial charge in [0.2, 0.25) is 0 Å². The van der Waals surface area contributed by atoms with Crippen LogP contribution in [0, 0.1) is 19.7 Å². The van der Waals surface area contributed by atoms with Crippen molar-refractivity contribution in [1.82, 2.24) is 0 Å². The first kappa shape index (κ1) is 12.6. The monoisotopic (exact) mass is 235 g/mol. The Hall–Kier alpha value is -0.890. The molecule has 0 aromatic heterocycles. The Morgan fingerprint density at radius 2 is 1.82 bits per heavy atom.